The van der Waals surface area contributed by atoms with Crippen molar-refractivity contribution in [3.8, 4) is 0 Å². The quantitative estimate of drug-likeness (QED) is 0.861. The van der Waals surface area contributed by atoms with Crippen LogP contribution >= 0.6 is 11.8 Å². The summed E-state index contributed by atoms with van der Waals surface area (Å²) in [6.07, 6.45) is 4.47. The van der Waals surface area contributed by atoms with Crippen molar-refractivity contribution >= 4 is 11.8 Å². The van der Waals surface area contributed by atoms with Crippen molar-refractivity contribution in [2.24, 2.45) is 5.73 Å². The van der Waals surface area contributed by atoms with E-state index in [0.717, 1.165) is 24.9 Å². The van der Waals surface area contributed by atoms with Crippen LogP contribution in [0.1, 0.15) is 31.2 Å². The molecule has 1 aromatic carbocycles. The molecule has 2 unspecified atom stereocenters. The van der Waals surface area contributed by atoms with E-state index in [0.29, 0.717) is 18.1 Å². The minimum Gasteiger partial charge on any atom is -0.328 e. The van der Waals surface area contributed by atoms with Crippen molar-refractivity contribution in [3.63, 3.8) is 0 Å². The number of rotatable bonds is 3. The van der Waals surface area contributed by atoms with Gasteiger partial charge in [0.05, 0.1) is 0 Å². The molecule has 3 rings (SSSR count). The molecule has 1 aromatic rings. The monoisotopic (exact) mass is 316 g/mol. The molecule has 2 bridgehead atoms. The van der Waals surface area contributed by atoms with Crippen molar-refractivity contribution in [1.82, 2.24) is 4.90 Å². The zero-order chi connectivity index (χ0) is 15.0. The molecule has 6 heteroatoms. The molecular formula is C15H19F3N2S. The number of hydrogen-bond acceptors (Lipinski definition) is 3. The lowest BCUT2D eigenvalue weighted by atomic mass is 9.97. The third-order valence-electron chi connectivity index (χ3n) is 4.44. The number of nitrogens with zero attached hydrogens (tertiary/aromatic N) is 1. The van der Waals surface area contributed by atoms with Gasteiger partial charge in [-0.1, -0.05) is 12.1 Å². The summed E-state index contributed by atoms with van der Waals surface area (Å²) in [7, 11) is 0. The number of fused-ring (bicyclic) bond motifs is 2. The maximum Gasteiger partial charge on any atom is 0.446 e. The van der Waals surface area contributed by atoms with E-state index < -0.39 is 5.51 Å². The van der Waals surface area contributed by atoms with E-state index in [4.69, 9.17) is 5.73 Å². The fourth-order valence-electron chi connectivity index (χ4n) is 3.58. The van der Waals surface area contributed by atoms with Gasteiger partial charge in [-0.2, -0.15) is 13.2 Å². The number of benzene rings is 1. The van der Waals surface area contributed by atoms with Gasteiger partial charge in [0.25, 0.3) is 0 Å². The Hall–Kier alpha value is -0.720. The Morgan fingerprint density at radius 1 is 1.10 bits per heavy atom. The van der Waals surface area contributed by atoms with Crippen LogP contribution in [-0.4, -0.2) is 28.5 Å². The number of halogens is 3. The average Bonchev–Trinajstić information content (AvgIpc) is 2.63. The molecule has 21 heavy (non-hydrogen) atoms. The SMILES string of the molecule is NC1CC2CCC(C1)N2Cc1ccc(SC(F)(F)F)cc1. The number of hydrogen-bond donors (Lipinski definition) is 1. The van der Waals surface area contributed by atoms with Gasteiger partial charge in [0.1, 0.15) is 0 Å². The third-order valence-corrected chi connectivity index (χ3v) is 5.18. The van der Waals surface area contributed by atoms with Gasteiger partial charge in [-0.3, -0.25) is 4.90 Å². The molecule has 116 valence electrons. The normalized spacial score (nSPS) is 29.8. The second-order valence-corrected chi connectivity index (χ2v) is 7.12. The Labute approximate surface area is 126 Å². The second kappa shape index (κ2) is 5.82. The summed E-state index contributed by atoms with van der Waals surface area (Å²) < 4.78 is 36.9. The van der Waals surface area contributed by atoms with Crippen LogP contribution in [0.2, 0.25) is 0 Å². The minimum atomic E-state index is -4.22. The first-order chi connectivity index (χ1) is 9.90. The molecule has 0 aromatic heterocycles. The summed E-state index contributed by atoms with van der Waals surface area (Å²) in [5, 5.41) is 0. The van der Waals surface area contributed by atoms with Crippen LogP contribution in [0.15, 0.2) is 29.2 Å². The van der Waals surface area contributed by atoms with Crippen LogP contribution in [-0.2, 0) is 6.54 Å². The van der Waals surface area contributed by atoms with Gasteiger partial charge in [-0.15, -0.1) is 0 Å². The van der Waals surface area contributed by atoms with Gasteiger partial charge in [-0.05, 0) is 55.1 Å². The molecule has 2 fully saturated rings. The van der Waals surface area contributed by atoms with Crippen molar-refractivity contribution in [3.05, 3.63) is 29.8 Å². The fourth-order valence-corrected chi connectivity index (χ4v) is 4.12. The summed E-state index contributed by atoms with van der Waals surface area (Å²) in [6.45, 7) is 0.818. The van der Waals surface area contributed by atoms with Gasteiger partial charge >= 0.3 is 5.51 Å². The zero-order valence-corrected chi connectivity index (χ0v) is 12.5. The molecular weight excluding hydrogens is 297 g/mol. The first-order valence-corrected chi connectivity index (χ1v) is 8.08. The number of thioether (sulfide) groups is 1. The largest absolute Gasteiger partial charge is 0.446 e. The predicted molar refractivity (Wildman–Crippen MR) is 77.9 cm³/mol. The van der Waals surface area contributed by atoms with Crippen LogP contribution in [0.4, 0.5) is 13.2 Å². The van der Waals surface area contributed by atoms with Gasteiger partial charge in [0.15, 0.2) is 0 Å². The Kier molecular flexibility index (Phi) is 4.21. The molecule has 0 amide bonds. The Morgan fingerprint density at radius 2 is 1.67 bits per heavy atom. The topological polar surface area (TPSA) is 29.3 Å². The predicted octanol–water partition coefficient (Wildman–Crippen LogP) is 3.75. The highest BCUT2D eigenvalue weighted by atomic mass is 32.2. The van der Waals surface area contributed by atoms with E-state index in [1.807, 2.05) is 12.1 Å². The first kappa shape index (κ1) is 15.2. The molecule has 0 radical (unpaired) electrons. The first-order valence-electron chi connectivity index (χ1n) is 7.27. The summed E-state index contributed by atoms with van der Waals surface area (Å²) in [5.41, 5.74) is 2.91. The lowest BCUT2D eigenvalue weighted by Gasteiger charge is -2.37. The van der Waals surface area contributed by atoms with Gasteiger partial charge in [0.2, 0.25) is 0 Å². The van der Waals surface area contributed by atoms with Crippen LogP contribution in [0.25, 0.3) is 0 Å². The lowest BCUT2D eigenvalue weighted by molar-refractivity contribution is -0.0328. The molecule has 2 nitrogen and oxygen atoms in total. The summed E-state index contributed by atoms with van der Waals surface area (Å²) in [4.78, 5) is 2.73. The standard InChI is InChI=1S/C15H19F3N2S/c16-15(17,18)21-14-5-1-10(2-6-14)9-20-12-3-4-13(20)8-11(19)7-12/h1-2,5-6,11-13H,3-4,7-9,19H2. The van der Waals surface area contributed by atoms with E-state index in [1.54, 1.807) is 12.1 Å². The molecule has 0 spiro atoms. The lowest BCUT2D eigenvalue weighted by Crippen LogP contribution is -2.46. The molecule has 0 aliphatic carbocycles. The Morgan fingerprint density at radius 3 is 2.19 bits per heavy atom. The van der Waals surface area contributed by atoms with E-state index >= 15 is 0 Å². The smallest absolute Gasteiger partial charge is 0.328 e. The van der Waals surface area contributed by atoms with Crippen LogP contribution < -0.4 is 5.73 Å². The van der Waals surface area contributed by atoms with Gasteiger partial charge in [0, 0.05) is 29.6 Å². The number of piperidine rings is 1. The van der Waals surface area contributed by atoms with Crippen molar-refractivity contribution in [2.75, 3.05) is 0 Å². The van der Waals surface area contributed by atoms with Crippen LogP contribution in [0.3, 0.4) is 0 Å². The third kappa shape index (κ3) is 3.73. The highest BCUT2D eigenvalue weighted by Crippen LogP contribution is 2.38. The number of nitrogens with two attached hydrogens (primary N) is 1. The Bertz CT molecular complexity index is 475. The second-order valence-electron chi connectivity index (χ2n) is 5.98. The molecule has 2 aliphatic heterocycles. The van der Waals surface area contributed by atoms with E-state index in [-0.39, 0.29) is 16.7 Å². The molecule has 2 atom stereocenters. The molecule has 2 heterocycles. The highest BCUT2D eigenvalue weighted by Gasteiger charge is 2.39. The molecule has 2 aliphatic rings. The maximum atomic E-state index is 12.3. The van der Waals surface area contributed by atoms with E-state index in [1.165, 1.54) is 12.8 Å². The molecule has 0 saturated carbocycles. The van der Waals surface area contributed by atoms with Gasteiger partial charge in [-0.25, -0.2) is 0 Å². The fraction of sp³-hybridized carbons (Fsp3) is 0.600. The van der Waals surface area contributed by atoms with E-state index in [9.17, 15) is 13.2 Å². The average molecular weight is 316 g/mol. The minimum absolute atomic E-state index is 0.0609. The maximum absolute atomic E-state index is 12.3. The van der Waals surface area contributed by atoms with Crippen molar-refractivity contribution < 1.29 is 13.2 Å². The van der Waals surface area contributed by atoms with E-state index in [2.05, 4.69) is 4.90 Å². The van der Waals surface area contributed by atoms with Gasteiger partial charge < -0.3 is 5.73 Å². The molecule has 2 N–H and O–H groups in total. The molecule has 2 saturated heterocycles. The zero-order valence-electron chi connectivity index (χ0n) is 11.6. The highest BCUT2D eigenvalue weighted by molar-refractivity contribution is 8.00. The van der Waals surface area contributed by atoms with Crippen LogP contribution in [0.5, 0.6) is 0 Å². The van der Waals surface area contributed by atoms with Crippen molar-refractivity contribution in [1.29, 1.82) is 0 Å². The Balaban J connectivity index is 1.63. The summed E-state index contributed by atoms with van der Waals surface area (Å²) in [6, 6.07) is 8.13. The summed E-state index contributed by atoms with van der Waals surface area (Å²) in [5.74, 6) is 0. The summed E-state index contributed by atoms with van der Waals surface area (Å²) >= 11 is -0.0609. The number of alkyl halides is 3. The van der Waals surface area contributed by atoms with Crippen LogP contribution in [0, 0.1) is 0 Å². The van der Waals surface area contributed by atoms with Crippen molar-refractivity contribution in [2.45, 2.75) is 60.8 Å².